The standard InChI is InChI=1S/C13H7Br2F2NO/c14-9-5-7(1-3-11(9)17)13(19)18-12-4-2-8(16)6-10(12)15/h1-6H,(H,18,19). The Morgan fingerprint density at radius 1 is 1.00 bits per heavy atom. The summed E-state index contributed by atoms with van der Waals surface area (Å²) in [6.45, 7) is 0. The number of hydrogen-bond acceptors (Lipinski definition) is 1. The molecular weight excluding hydrogens is 384 g/mol. The van der Waals surface area contributed by atoms with Crippen LogP contribution in [0.2, 0.25) is 0 Å². The molecule has 98 valence electrons. The van der Waals surface area contributed by atoms with Crippen molar-refractivity contribution in [1.29, 1.82) is 0 Å². The van der Waals surface area contributed by atoms with Gasteiger partial charge in [-0.2, -0.15) is 0 Å². The molecule has 0 saturated carbocycles. The molecular formula is C13H7Br2F2NO. The van der Waals surface area contributed by atoms with E-state index in [-0.39, 0.29) is 4.47 Å². The smallest absolute Gasteiger partial charge is 0.255 e. The molecule has 0 unspecified atom stereocenters. The molecule has 19 heavy (non-hydrogen) atoms. The molecule has 0 heterocycles. The fraction of sp³-hybridized carbons (Fsp3) is 0. The van der Waals surface area contributed by atoms with Crippen LogP contribution in [0.25, 0.3) is 0 Å². The number of carbonyl (C=O) groups is 1. The highest BCUT2D eigenvalue weighted by Crippen LogP contribution is 2.24. The summed E-state index contributed by atoms with van der Waals surface area (Å²) >= 11 is 6.16. The van der Waals surface area contributed by atoms with E-state index in [1.54, 1.807) is 0 Å². The fourth-order valence-corrected chi connectivity index (χ4v) is 2.25. The lowest BCUT2D eigenvalue weighted by Gasteiger charge is -2.08. The van der Waals surface area contributed by atoms with E-state index in [1.807, 2.05) is 0 Å². The summed E-state index contributed by atoms with van der Waals surface area (Å²) in [6.07, 6.45) is 0. The van der Waals surface area contributed by atoms with E-state index in [0.717, 1.165) is 0 Å². The molecule has 0 aliphatic heterocycles. The second-order valence-corrected chi connectivity index (χ2v) is 5.42. The van der Waals surface area contributed by atoms with Gasteiger partial charge in [0.2, 0.25) is 0 Å². The third-order valence-corrected chi connectivity index (χ3v) is 3.62. The molecule has 2 aromatic rings. The Kier molecular flexibility index (Phi) is 4.31. The van der Waals surface area contributed by atoms with Crippen LogP contribution >= 0.6 is 31.9 Å². The van der Waals surface area contributed by atoms with E-state index in [4.69, 9.17) is 0 Å². The van der Waals surface area contributed by atoms with Crippen molar-refractivity contribution in [2.24, 2.45) is 0 Å². The number of halogens is 4. The topological polar surface area (TPSA) is 29.1 Å². The van der Waals surface area contributed by atoms with E-state index >= 15 is 0 Å². The minimum atomic E-state index is -0.445. The van der Waals surface area contributed by atoms with Crippen LogP contribution in [-0.4, -0.2) is 5.91 Å². The van der Waals surface area contributed by atoms with Crippen LogP contribution in [0.4, 0.5) is 14.5 Å². The van der Waals surface area contributed by atoms with Gasteiger partial charge in [-0.15, -0.1) is 0 Å². The largest absolute Gasteiger partial charge is 0.321 e. The number of nitrogens with one attached hydrogen (secondary N) is 1. The zero-order chi connectivity index (χ0) is 14.0. The van der Waals surface area contributed by atoms with Gasteiger partial charge in [-0.3, -0.25) is 4.79 Å². The summed E-state index contributed by atoms with van der Waals surface area (Å²) in [5.74, 6) is -1.26. The van der Waals surface area contributed by atoms with Gasteiger partial charge in [0, 0.05) is 10.0 Å². The van der Waals surface area contributed by atoms with Gasteiger partial charge >= 0.3 is 0 Å². The van der Waals surface area contributed by atoms with Gasteiger partial charge in [0.15, 0.2) is 0 Å². The first-order chi connectivity index (χ1) is 8.97. The maximum atomic E-state index is 13.1. The van der Waals surface area contributed by atoms with Gasteiger partial charge in [0.25, 0.3) is 5.91 Å². The highest BCUT2D eigenvalue weighted by molar-refractivity contribution is 9.10. The molecule has 0 saturated heterocycles. The number of anilines is 1. The van der Waals surface area contributed by atoms with Crippen molar-refractivity contribution in [2.45, 2.75) is 0 Å². The Bertz CT molecular complexity index is 647. The molecule has 0 fully saturated rings. The summed E-state index contributed by atoms with van der Waals surface area (Å²) in [7, 11) is 0. The first-order valence-electron chi connectivity index (χ1n) is 5.19. The molecule has 0 spiro atoms. The highest BCUT2D eigenvalue weighted by atomic mass is 79.9. The molecule has 1 amide bonds. The van der Waals surface area contributed by atoms with Crippen molar-refractivity contribution >= 4 is 43.5 Å². The minimum Gasteiger partial charge on any atom is -0.321 e. The van der Waals surface area contributed by atoms with Crippen LogP contribution in [-0.2, 0) is 0 Å². The van der Waals surface area contributed by atoms with Crippen LogP contribution in [0, 0.1) is 11.6 Å². The molecule has 1 N–H and O–H groups in total. The maximum absolute atomic E-state index is 13.1. The van der Waals surface area contributed by atoms with Gasteiger partial charge in [0.05, 0.1) is 10.2 Å². The number of carbonyl (C=O) groups excluding carboxylic acids is 1. The normalized spacial score (nSPS) is 10.3. The van der Waals surface area contributed by atoms with Crippen LogP contribution in [0.5, 0.6) is 0 Å². The molecule has 2 nitrogen and oxygen atoms in total. The Hall–Kier alpha value is -1.27. The zero-order valence-corrected chi connectivity index (χ0v) is 12.6. The van der Waals surface area contributed by atoms with Gasteiger partial charge in [0.1, 0.15) is 11.6 Å². The average molecular weight is 391 g/mol. The number of benzene rings is 2. The molecule has 0 aliphatic carbocycles. The predicted molar refractivity (Wildman–Crippen MR) is 76.2 cm³/mol. The highest BCUT2D eigenvalue weighted by Gasteiger charge is 2.10. The number of amides is 1. The molecule has 2 rings (SSSR count). The van der Waals surface area contributed by atoms with E-state index in [1.165, 1.54) is 36.4 Å². The summed E-state index contributed by atoms with van der Waals surface area (Å²) in [5.41, 5.74) is 0.733. The first-order valence-corrected chi connectivity index (χ1v) is 6.77. The SMILES string of the molecule is O=C(Nc1ccc(F)cc1Br)c1ccc(F)c(Br)c1. The lowest BCUT2D eigenvalue weighted by Crippen LogP contribution is -2.12. The quantitative estimate of drug-likeness (QED) is 0.788. The molecule has 2 aromatic carbocycles. The lowest BCUT2D eigenvalue weighted by atomic mass is 10.2. The third-order valence-electron chi connectivity index (χ3n) is 2.36. The van der Waals surface area contributed by atoms with Gasteiger partial charge in [-0.25, -0.2) is 8.78 Å². The van der Waals surface area contributed by atoms with Crippen molar-refractivity contribution in [1.82, 2.24) is 0 Å². The van der Waals surface area contributed by atoms with Crippen LogP contribution in [0.3, 0.4) is 0 Å². The maximum Gasteiger partial charge on any atom is 0.255 e. The van der Waals surface area contributed by atoms with Crippen molar-refractivity contribution < 1.29 is 13.6 Å². The summed E-state index contributed by atoms with van der Waals surface area (Å²) in [5, 5.41) is 2.60. The fourth-order valence-electron chi connectivity index (χ4n) is 1.42. The molecule has 6 heteroatoms. The third kappa shape index (κ3) is 3.39. The summed E-state index contributed by atoms with van der Waals surface area (Å²) < 4.78 is 26.6. The second-order valence-electron chi connectivity index (χ2n) is 3.71. The van der Waals surface area contributed by atoms with Crippen molar-refractivity contribution in [3.63, 3.8) is 0 Å². The Morgan fingerprint density at radius 3 is 2.37 bits per heavy atom. The van der Waals surface area contributed by atoms with Crippen LogP contribution < -0.4 is 5.32 Å². The van der Waals surface area contributed by atoms with E-state index in [2.05, 4.69) is 37.2 Å². The molecule has 0 radical (unpaired) electrons. The van der Waals surface area contributed by atoms with Crippen molar-refractivity contribution in [3.8, 4) is 0 Å². The summed E-state index contributed by atoms with van der Waals surface area (Å²) in [4.78, 5) is 11.9. The molecule has 0 bridgehead atoms. The predicted octanol–water partition coefficient (Wildman–Crippen LogP) is 4.74. The monoisotopic (exact) mass is 389 g/mol. The van der Waals surface area contributed by atoms with Crippen LogP contribution in [0.15, 0.2) is 45.3 Å². The van der Waals surface area contributed by atoms with Gasteiger partial charge in [-0.05, 0) is 68.3 Å². The number of hydrogen-bond donors (Lipinski definition) is 1. The Labute approximate surface area is 125 Å². The number of rotatable bonds is 2. The van der Waals surface area contributed by atoms with Crippen molar-refractivity contribution in [2.75, 3.05) is 5.32 Å². The van der Waals surface area contributed by atoms with E-state index < -0.39 is 17.5 Å². The van der Waals surface area contributed by atoms with Gasteiger partial charge < -0.3 is 5.32 Å². The van der Waals surface area contributed by atoms with Gasteiger partial charge in [-0.1, -0.05) is 0 Å². The first kappa shape index (κ1) is 14.1. The Balaban J connectivity index is 2.23. The average Bonchev–Trinajstić information content (AvgIpc) is 2.36. The minimum absolute atomic E-state index is 0.207. The second kappa shape index (κ2) is 5.79. The zero-order valence-electron chi connectivity index (χ0n) is 9.38. The van der Waals surface area contributed by atoms with E-state index in [9.17, 15) is 13.6 Å². The van der Waals surface area contributed by atoms with Crippen LogP contribution in [0.1, 0.15) is 10.4 Å². The lowest BCUT2D eigenvalue weighted by molar-refractivity contribution is 0.102. The summed E-state index contributed by atoms with van der Waals surface area (Å²) in [6, 6.07) is 7.86. The molecule has 0 atom stereocenters. The van der Waals surface area contributed by atoms with E-state index in [0.29, 0.717) is 15.7 Å². The molecule has 0 aliphatic rings. The molecule has 0 aromatic heterocycles. The van der Waals surface area contributed by atoms with Crippen molar-refractivity contribution in [3.05, 3.63) is 62.5 Å². The Morgan fingerprint density at radius 2 is 1.74 bits per heavy atom.